The Bertz CT molecular complexity index is 1550. The molecule has 5 rings (SSSR count). The SMILES string of the molecule is Cc1ccc(-c2nc(COc3cc(C(F)(F)F)c4c(C)nn(-c5ccc(C)cc5)c4n3)c(C)o2)cc1. The summed E-state index contributed by atoms with van der Waals surface area (Å²) in [6.07, 6.45) is -4.62. The number of nitrogens with zero attached hydrogens (tertiary/aromatic N) is 4. The van der Waals surface area contributed by atoms with Crippen LogP contribution in [-0.2, 0) is 12.8 Å². The molecule has 0 amide bonds. The summed E-state index contributed by atoms with van der Waals surface area (Å²) in [5.41, 5.74) is 3.45. The topological polar surface area (TPSA) is 66.0 Å². The Morgan fingerprint density at radius 1 is 0.889 bits per heavy atom. The molecule has 0 unspecified atom stereocenters. The summed E-state index contributed by atoms with van der Waals surface area (Å²) in [4.78, 5) is 8.88. The number of aryl methyl sites for hydroxylation is 4. The predicted octanol–water partition coefficient (Wildman–Crippen LogP) is 6.91. The minimum Gasteiger partial charge on any atom is -0.471 e. The van der Waals surface area contributed by atoms with E-state index in [9.17, 15) is 13.2 Å². The van der Waals surface area contributed by atoms with Crippen LogP contribution in [0.15, 0.2) is 59.0 Å². The smallest absolute Gasteiger partial charge is 0.417 e. The third kappa shape index (κ3) is 4.44. The van der Waals surface area contributed by atoms with Gasteiger partial charge in [-0.15, -0.1) is 0 Å². The second-order valence-corrected chi connectivity index (χ2v) is 8.71. The fourth-order valence-corrected chi connectivity index (χ4v) is 3.95. The summed E-state index contributed by atoms with van der Waals surface area (Å²) in [6.45, 7) is 7.08. The first-order chi connectivity index (χ1) is 17.1. The molecular formula is C27H23F3N4O2. The van der Waals surface area contributed by atoms with E-state index in [1.54, 1.807) is 19.1 Å². The number of ether oxygens (including phenoxy) is 1. The summed E-state index contributed by atoms with van der Waals surface area (Å²) in [5.74, 6) is 0.754. The van der Waals surface area contributed by atoms with Crippen molar-refractivity contribution in [1.29, 1.82) is 0 Å². The van der Waals surface area contributed by atoms with Crippen LogP contribution < -0.4 is 4.74 Å². The van der Waals surface area contributed by atoms with Crippen molar-refractivity contribution in [2.24, 2.45) is 0 Å². The largest absolute Gasteiger partial charge is 0.471 e. The van der Waals surface area contributed by atoms with Gasteiger partial charge in [0.15, 0.2) is 5.65 Å². The molecule has 0 saturated carbocycles. The van der Waals surface area contributed by atoms with E-state index in [-0.39, 0.29) is 29.2 Å². The molecule has 0 spiro atoms. The Morgan fingerprint density at radius 3 is 2.17 bits per heavy atom. The number of halogens is 3. The molecular weight excluding hydrogens is 469 g/mol. The second-order valence-electron chi connectivity index (χ2n) is 8.71. The molecule has 0 aliphatic carbocycles. The van der Waals surface area contributed by atoms with E-state index >= 15 is 0 Å². The van der Waals surface area contributed by atoms with Gasteiger partial charge in [0.1, 0.15) is 18.1 Å². The number of pyridine rings is 1. The zero-order valence-electron chi connectivity index (χ0n) is 20.1. The molecule has 0 radical (unpaired) electrons. The number of oxazole rings is 1. The van der Waals surface area contributed by atoms with Crippen LogP contribution in [0.2, 0.25) is 0 Å². The van der Waals surface area contributed by atoms with Gasteiger partial charge in [-0.05, 0) is 52.0 Å². The normalized spacial score (nSPS) is 11.9. The van der Waals surface area contributed by atoms with Gasteiger partial charge >= 0.3 is 6.18 Å². The first kappa shape index (κ1) is 23.6. The second kappa shape index (κ2) is 8.82. The van der Waals surface area contributed by atoms with Gasteiger partial charge in [0.2, 0.25) is 11.8 Å². The standard InChI is InChI=1S/C27H23F3N4O2/c1-15-5-9-19(10-6-15)26-31-22(18(4)36-26)14-35-23-13-21(27(28,29)30)24-17(3)33-34(25(24)32-23)20-11-7-16(2)8-12-20/h5-13H,14H2,1-4H3. The molecule has 0 bridgehead atoms. The highest BCUT2D eigenvalue weighted by Crippen LogP contribution is 2.38. The summed E-state index contributed by atoms with van der Waals surface area (Å²) >= 11 is 0. The number of fused-ring (bicyclic) bond motifs is 1. The monoisotopic (exact) mass is 492 g/mol. The molecule has 0 saturated heterocycles. The highest BCUT2D eigenvalue weighted by Gasteiger charge is 2.36. The lowest BCUT2D eigenvalue weighted by molar-refractivity contribution is -0.136. The van der Waals surface area contributed by atoms with E-state index < -0.39 is 11.7 Å². The van der Waals surface area contributed by atoms with Crippen LogP contribution in [0.5, 0.6) is 5.88 Å². The quantitative estimate of drug-likeness (QED) is 0.267. The average molecular weight is 493 g/mol. The van der Waals surface area contributed by atoms with Crippen LogP contribution in [0.1, 0.15) is 33.8 Å². The van der Waals surface area contributed by atoms with Gasteiger partial charge in [-0.1, -0.05) is 35.4 Å². The number of hydrogen-bond acceptors (Lipinski definition) is 5. The molecule has 0 aliphatic heterocycles. The maximum Gasteiger partial charge on any atom is 0.417 e. The van der Waals surface area contributed by atoms with E-state index in [2.05, 4.69) is 15.1 Å². The number of aromatic nitrogens is 4. The lowest BCUT2D eigenvalue weighted by Crippen LogP contribution is -2.09. The van der Waals surface area contributed by atoms with Crippen molar-refractivity contribution in [3.63, 3.8) is 0 Å². The summed E-state index contributed by atoms with van der Waals surface area (Å²) in [7, 11) is 0. The number of alkyl halides is 3. The predicted molar refractivity (Wildman–Crippen MR) is 129 cm³/mol. The molecule has 0 fully saturated rings. The molecule has 0 N–H and O–H groups in total. The average Bonchev–Trinajstić information content (AvgIpc) is 3.37. The van der Waals surface area contributed by atoms with Gasteiger partial charge in [-0.2, -0.15) is 23.3 Å². The van der Waals surface area contributed by atoms with Crippen molar-refractivity contribution in [3.05, 3.63) is 88.4 Å². The molecule has 6 nitrogen and oxygen atoms in total. The van der Waals surface area contributed by atoms with Gasteiger partial charge in [0.25, 0.3) is 0 Å². The van der Waals surface area contributed by atoms with E-state index in [1.165, 1.54) is 11.6 Å². The molecule has 36 heavy (non-hydrogen) atoms. The Labute approximate surface area is 205 Å². The number of rotatable bonds is 5. The molecule has 184 valence electrons. The van der Waals surface area contributed by atoms with Crippen LogP contribution in [0.4, 0.5) is 13.2 Å². The van der Waals surface area contributed by atoms with E-state index in [4.69, 9.17) is 9.15 Å². The van der Waals surface area contributed by atoms with Gasteiger partial charge < -0.3 is 9.15 Å². The van der Waals surface area contributed by atoms with Crippen molar-refractivity contribution < 1.29 is 22.3 Å². The summed E-state index contributed by atoms with van der Waals surface area (Å²) in [5, 5.41) is 4.29. The minimum absolute atomic E-state index is 0.0605. The maximum atomic E-state index is 14.0. The van der Waals surface area contributed by atoms with E-state index in [0.717, 1.165) is 22.8 Å². The molecule has 0 atom stereocenters. The minimum atomic E-state index is -4.62. The first-order valence-electron chi connectivity index (χ1n) is 11.3. The van der Waals surface area contributed by atoms with Crippen molar-refractivity contribution in [2.75, 3.05) is 0 Å². The highest BCUT2D eigenvalue weighted by atomic mass is 19.4. The third-order valence-corrected chi connectivity index (χ3v) is 5.92. The number of hydrogen-bond donors (Lipinski definition) is 0. The van der Waals surface area contributed by atoms with Crippen molar-refractivity contribution >= 4 is 11.0 Å². The molecule has 0 aliphatic rings. The zero-order chi connectivity index (χ0) is 25.6. The lowest BCUT2D eigenvalue weighted by atomic mass is 10.1. The van der Waals surface area contributed by atoms with Crippen LogP contribution >= 0.6 is 0 Å². The first-order valence-corrected chi connectivity index (χ1v) is 11.3. The van der Waals surface area contributed by atoms with Crippen LogP contribution in [0, 0.1) is 27.7 Å². The van der Waals surface area contributed by atoms with Gasteiger partial charge in [0, 0.05) is 11.6 Å². The van der Waals surface area contributed by atoms with Crippen molar-refractivity contribution in [1.82, 2.24) is 19.7 Å². The Kier molecular flexibility index (Phi) is 5.78. The molecule has 5 aromatic rings. The van der Waals surface area contributed by atoms with Crippen molar-refractivity contribution in [2.45, 2.75) is 40.5 Å². The third-order valence-electron chi connectivity index (χ3n) is 5.92. The van der Waals surface area contributed by atoms with Gasteiger partial charge in [-0.25, -0.2) is 9.67 Å². The Hall–Kier alpha value is -4.14. The molecule has 9 heteroatoms. The van der Waals surface area contributed by atoms with E-state index in [1.807, 2.05) is 50.2 Å². The van der Waals surface area contributed by atoms with Crippen molar-refractivity contribution in [3.8, 4) is 23.0 Å². The summed E-state index contributed by atoms with van der Waals surface area (Å²) in [6, 6.07) is 15.9. The summed E-state index contributed by atoms with van der Waals surface area (Å²) < 4.78 is 55.0. The van der Waals surface area contributed by atoms with Crippen LogP contribution in [-0.4, -0.2) is 19.7 Å². The van der Waals surface area contributed by atoms with Crippen LogP contribution in [0.25, 0.3) is 28.2 Å². The fraction of sp³-hybridized carbons (Fsp3) is 0.222. The Balaban J connectivity index is 1.52. The fourth-order valence-electron chi connectivity index (χ4n) is 3.95. The van der Waals surface area contributed by atoms with Crippen LogP contribution in [0.3, 0.4) is 0 Å². The zero-order valence-corrected chi connectivity index (χ0v) is 20.1. The molecule has 2 aromatic carbocycles. The molecule has 3 heterocycles. The molecule has 3 aromatic heterocycles. The number of benzene rings is 2. The maximum absolute atomic E-state index is 14.0. The highest BCUT2D eigenvalue weighted by molar-refractivity contribution is 5.84. The van der Waals surface area contributed by atoms with Gasteiger partial charge in [0.05, 0.1) is 22.3 Å². The lowest BCUT2D eigenvalue weighted by Gasteiger charge is -2.12. The Morgan fingerprint density at radius 2 is 1.53 bits per heavy atom. The van der Waals surface area contributed by atoms with E-state index in [0.29, 0.717) is 23.0 Å². The van der Waals surface area contributed by atoms with Gasteiger partial charge in [-0.3, -0.25) is 0 Å².